The lowest BCUT2D eigenvalue weighted by Gasteiger charge is -2.30. The highest BCUT2D eigenvalue weighted by molar-refractivity contribution is 6.08. The van der Waals surface area contributed by atoms with Crippen molar-refractivity contribution in [2.45, 2.75) is 31.8 Å². The molecule has 6 heterocycles. The highest BCUT2D eigenvalue weighted by Crippen LogP contribution is 2.39. The first-order valence-corrected chi connectivity index (χ1v) is 13.8. The maximum Gasteiger partial charge on any atom is 0.254 e. The van der Waals surface area contributed by atoms with Crippen LogP contribution >= 0.6 is 0 Å². The molecule has 0 saturated carbocycles. The van der Waals surface area contributed by atoms with Crippen molar-refractivity contribution < 1.29 is 9.21 Å². The van der Waals surface area contributed by atoms with Crippen molar-refractivity contribution in [1.82, 2.24) is 29.7 Å². The molecule has 7 rings (SSSR count). The third kappa shape index (κ3) is 4.22. The van der Waals surface area contributed by atoms with Gasteiger partial charge in [0.25, 0.3) is 5.91 Å². The maximum atomic E-state index is 13.1. The van der Waals surface area contributed by atoms with Crippen LogP contribution in [0.3, 0.4) is 0 Å². The maximum absolute atomic E-state index is 13.1. The zero-order valence-corrected chi connectivity index (χ0v) is 23.1. The Labute approximate surface area is 232 Å². The number of anilines is 2. The standard InChI is InChI=1S/C31H33N7O2/c1-36(2)18-26-20(19-8-12-37(3)13-9-19)5-7-28(35-26)34-25-6-4-21(23-16-32-31(39)29(23)25)24-17-33-38-14-10-27-22(30(24)38)11-15-40-27/h4-7,10-11,14-15,17,19H,8-9,12-13,16,18H2,1-3H3,(H,32,39)(H,34,35). The van der Waals surface area contributed by atoms with Crippen LogP contribution in [0.4, 0.5) is 11.5 Å². The summed E-state index contributed by atoms with van der Waals surface area (Å²) in [5.74, 6) is 1.19. The quantitative estimate of drug-likeness (QED) is 0.316. The minimum absolute atomic E-state index is 0.0826. The summed E-state index contributed by atoms with van der Waals surface area (Å²) in [4.78, 5) is 22.7. The summed E-state index contributed by atoms with van der Waals surface area (Å²) in [6.45, 7) is 3.45. The summed E-state index contributed by atoms with van der Waals surface area (Å²) in [6, 6.07) is 12.2. The second-order valence-electron chi connectivity index (χ2n) is 11.2. The van der Waals surface area contributed by atoms with Crippen LogP contribution in [0.5, 0.6) is 0 Å². The summed E-state index contributed by atoms with van der Waals surface area (Å²) in [5, 5.41) is 12.1. The minimum Gasteiger partial charge on any atom is -0.464 e. The number of piperidine rings is 1. The van der Waals surface area contributed by atoms with E-state index < -0.39 is 0 Å². The minimum atomic E-state index is -0.0826. The predicted octanol–water partition coefficient (Wildman–Crippen LogP) is 5.00. The van der Waals surface area contributed by atoms with Crippen molar-refractivity contribution in [2.75, 3.05) is 39.5 Å². The Kier molecular flexibility index (Phi) is 6.05. The first-order chi connectivity index (χ1) is 19.5. The van der Waals surface area contributed by atoms with Gasteiger partial charge >= 0.3 is 0 Å². The molecule has 9 heteroatoms. The fourth-order valence-electron chi connectivity index (χ4n) is 6.27. The van der Waals surface area contributed by atoms with E-state index in [4.69, 9.17) is 9.40 Å². The number of rotatable bonds is 6. The third-order valence-electron chi connectivity index (χ3n) is 8.27. The van der Waals surface area contributed by atoms with Gasteiger partial charge in [0, 0.05) is 30.2 Å². The van der Waals surface area contributed by atoms with E-state index in [0.29, 0.717) is 18.0 Å². The van der Waals surface area contributed by atoms with Gasteiger partial charge in [-0.3, -0.25) is 4.79 Å². The van der Waals surface area contributed by atoms with Crippen LogP contribution in [0.15, 0.2) is 59.5 Å². The molecule has 204 valence electrons. The molecule has 0 spiro atoms. The largest absolute Gasteiger partial charge is 0.464 e. The highest BCUT2D eigenvalue weighted by atomic mass is 16.3. The molecule has 2 aliphatic rings. The zero-order valence-electron chi connectivity index (χ0n) is 23.1. The van der Waals surface area contributed by atoms with Gasteiger partial charge in [-0.25, -0.2) is 9.50 Å². The van der Waals surface area contributed by atoms with Gasteiger partial charge in [-0.2, -0.15) is 5.10 Å². The van der Waals surface area contributed by atoms with Crippen molar-refractivity contribution in [3.8, 4) is 11.1 Å². The number of carbonyl (C=O) groups is 1. The molecule has 2 aliphatic heterocycles. The van der Waals surface area contributed by atoms with Gasteiger partial charge in [0.1, 0.15) is 11.4 Å². The third-order valence-corrected chi connectivity index (χ3v) is 8.27. The molecule has 9 nitrogen and oxygen atoms in total. The van der Waals surface area contributed by atoms with Crippen LogP contribution < -0.4 is 10.6 Å². The first-order valence-electron chi connectivity index (χ1n) is 13.8. The van der Waals surface area contributed by atoms with Crippen LogP contribution in [0.2, 0.25) is 0 Å². The first kappa shape index (κ1) is 24.8. The molecule has 0 bridgehead atoms. The van der Waals surface area contributed by atoms with Crippen molar-refractivity contribution in [3.05, 3.63) is 77.4 Å². The van der Waals surface area contributed by atoms with Crippen LogP contribution in [0.25, 0.3) is 27.6 Å². The van der Waals surface area contributed by atoms with Gasteiger partial charge in [0.05, 0.1) is 34.9 Å². The van der Waals surface area contributed by atoms with E-state index in [1.807, 2.05) is 35.1 Å². The lowest BCUT2D eigenvalue weighted by Crippen LogP contribution is -2.30. The summed E-state index contributed by atoms with van der Waals surface area (Å²) < 4.78 is 7.50. The molecule has 1 saturated heterocycles. The summed E-state index contributed by atoms with van der Waals surface area (Å²) in [7, 11) is 6.34. The molecule has 5 aromatic rings. The van der Waals surface area contributed by atoms with E-state index >= 15 is 0 Å². The fourth-order valence-corrected chi connectivity index (χ4v) is 6.27. The predicted molar refractivity (Wildman–Crippen MR) is 156 cm³/mol. The number of carbonyl (C=O) groups excluding carboxylic acids is 1. The molecule has 1 fully saturated rings. The average molecular weight is 536 g/mol. The van der Waals surface area contributed by atoms with Gasteiger partial charge in [-0.05, 0) is 93.9 Å². The Morgan fingerprint density at radius 2 is 1.95 bits per heavy atom. The molecule has 4 aromatic heterocycles. The Morgan fingerprint density at radius 3 is 2.77 bits per heavy atom. The van der Waals surface area contributed by atoms with Crippen LogP contribution in [0.1, 0.15) is 45.9 Å². The molecule has 0 aliphatic carbocycles. The lowest BCUT2D eigenvalue weighted by atomic mass is 9.88. The summed E-state index contributed by atoms with van der Waals surface area (Å²) in [5.41, 5.74) is 8.54. The van der Waals surface area contributed by atoms with E-state index in [1.54, 1.807) is 6.26 Å². The van der Waals surface area contributed by atoms with E-state index in [0.717, 1.165) is 82.9 Å². The van der Waals surface area contributed by atoms with E-state index in [1.165, 1.54) is 5.56 Å². The number of likely N-dealkylation sites (tertiary alicyclic amines) is 1. The van der Waals surface area contributed by atoms with Gasteiger partial charge < -0.3 is 24.9 Å². The number of aromatic nitrogens is 3. The summed E-state index contributed by atoms with van der Waals surface area (Å²) in [6.07, 6.45) is 7.75. The molecule has 2 N–H and O–H groups in total. The Morgan fingerprint density at radius 1 is 1.10 bits per heavy atom. The van der Waals surface area contributed by atoms with Gasteiger partial charge in [-0.1, -0.05) is 12.1 Å². The Hall–Kier alpha value is -4.21. The van der Waals surface area contributed by atoms with Gasteiger partial charge in [0.2, 0.25) is 0 Å². The SMILES string of the molecule is CN(C)Cc1nc(Nc2ccc(-c3cnn4ccc5occc5c34)c3c2C(=O)NC3)ccc1C1CCN(C)CC1. The molecule has 0 radical (unpaired) electrons. The molecule has 1 aromatic carbocycles. The van der Waals surface area contributed by atoms with Crippen molar-refractivity contribution >= 4 is 33.9 Å². The zero-order chi connectivity index (χ0) is 27.4. The highest BCUT2D eigenvalue weighted by Gasteiger charge is 2.28. The normalized spacial score (nSPS) is 16.2. The average Bonchev–Trinajstić information content (AvgIpc) is 3.68. The molecule has 40 heavy (non-hydrogen) atoms. The number of hydrogen-bond donors (Lipinski definition) is 2. The summed E-state index contributed by atoms with van der Waals surface area (Å²) >= 11 is 0. The molecular formula is C31H33N7O2. The Balaban J connectivity index is 1.26. The van der Waals surface area contributed by atoms with Crippen LogP contribution in [0, 0.1) is 0 Å². The van der Waals surface area contributed by atoms with Crippen LogP contribution in [-0.4, -0.2) is 64.5 Å². The van der Waals surface area contributed by atoms with E-state index in [2.05, 4.69) is 64.9 Å². The number of benzene rings is 1. The topological polar surface area (TPSA) is 90.9 Å². The van der Waals surface area contributed by atoms with Crippen molar-refractivity contribution in [1.29, 1.82) is 0 Å². The number of fused-ring (bicyclic) bond motifs is 4. The van der Waals surface area contributed by atoms with Crippen molar-refractivity contribution in [3.63, 3.8) is 0 Å². The second kappa shape index (κ2) is 9.76. The molecule has 1 amide bonds. The molecule has 0 atom stereocenters. The smallest absolute Gasteiger partial charge is 0.254 e. The number of pyridine rings is 2. The second-order valence-corrected chi connectivity index (χ2v) is 11.2. The fraction of sp³-hybridized carbons (Fsp3) is 0.323. The number of amides is 1. The number of furan rings is 1. The van der Waals surface area contributed by atoms with Crippen molar-refractivity contribution in [2.24, 2.45) is 0 Å². The lowest BCUT2D eigenvalue weighted by molar-refractivity contribution is 0.0966. The molecular weight excluding hydrogens is 502 g/mol. The van der Waals surface area contributed by atoms with E-state index in [9.17, 15) is 4.79 Å². The van der Waals surface area contributed by atoms with Gasteiger partial charge in [0.15, 0.2) is 0 Å². The van der Waals surface area contributed by atoms with Gasteiger partial charge in [-0.15, -0.1) is 0 Å². The number of nitrogens with one attached hydrogen (secondary N) is 2. The number of nitrogens with zero attached hydrogens (tertiary/aromatic N) is 5. The monoisotopic (exact) mass is 535 g/mol. The Bertz CT molecular complexity index is 1740. The van der Waals surface area contributed by atoms with E-state index in [-0.39, 0.29) is 5.91 Å². The van der Waals surface area contributed by atoms with Crippen LogP contribution in [-0.2, 0) is 13.1 Å². The number of hydrogen-bond acceptors (Lipinski definition) is 7. The molecule has 0 unspecified atom stereocenters.